The first-order valence-corrected chi connectivity index (χ1v) is 9.54. The fraction of sp³-hybridized carbons (Fsp3) is 0.167. The van der Waals surface area contributed by atoms with Crippen molar-refractivity contribution in [3.8, 4) is 0 Å². The molecule has 0 saturated carbocycles. The molecule has 27 heavy (non-hydrogen) atoms. The van der Waals surface area contributed by atoms with Gasteiger partial charge in [0.05, 0.1) is 22.6 Å². The average molecular weight is 388 g/mol. The molecule has 1 N–H and O–H groups in total. The average Bonchev–Trinajstić information content (AvgIpc) is 2.92. The normalized spacial score (nSPS) is 13.6. The first kappa shape index (κ1) is 18.7. The number of carbonyl (C=O) groups is 3. The summed E-state index contributed by atoms with van der Waals surface area (Å²) in [6.07, 6.45) is 0. The summed E-state index contributed by atoms with van der Waals surface area (Å²) in [6.45, 7) is -0.889. The number of ether oxygens (including phenoxy) is 1. The Bertz CT molecular complexity index is 953. The molecule has 0 bridgehead atoms. The Morgan fingerprint density at radius 1 is 0.926 bits per heavy atom. The van der Waals surface area contributed by atoms with Gasteiger partial charge in [0, 0.05) is 0 Å². The van der Waals surface area contributed by atoms with Crippen LogP contribution in [0.4, 0.5) is 0 Å². The molecular formula is C18H16N2O6S. The van der Waals surface area contributed by atoms with E-state index in [9.17, 15) is 22.8 Å². The number of esters is 1. The van der Waals surface area contributed by atoms with Crippen LogP contribution in [0.1, 0.15) is 20.7 Å². The van der Waals surface area contributed by atoms with Gasteiger partial charge in [-0.3, -0.25) is 19.3 Å². The number of rotatable bonds is 7. The fourth-order valence-corrected chi connectivity index (χ4v) is 3.57. The molecule has 2 aromatic rings. The third kappa shape index (κ3) is 4.04. The number of nitrogens with zero attached hydrogens (tertiary/aromatic N) is 1. The molecule has 9 heteroatoms. The molecule has 0 unspecified atom stereocenters. The van der Waals surface area contributed by atoms with E-state index in [1.54, 1.807) is 42.5 Å². The second kappa shape index (κ2) is 7.68. The second-order valence-electron chi connectivity index (χ2n) is 5.67. The number of fused-ring (bicyclic) bond motifs is 1. The minimum Gasteiger partial charge on any atom is -0.463 e. The summed E-state index contributed by atoms with van der Waals surface area (Å²) >= 11 is 0. The monoisotopic (exact) mass is 388 g/mol. The number of imide groups is 1. The molecule has 2 aromatic carbocycles. The number of amides is 2. The molecule has 0 radical (unpaired) electrons. The summed E-state index contributed by atoms with van der Waals surface area (Å²) in [7, 11) is -3.82. The van der Waals surface area contributed by atoms with Crippen molar-refractivity contribution in [2.45, 2.75) is 4.90 Å². The van der Waals surface area contributed by atoms with Crippen LogP contribution in [-0.4, -0.2) is 50.8 Å². The van der Waals surface area contributed by atoms with Crippen molar-refractivity contribution in [3.05, 3.63) is 65.7 Å². The van der Waals surface area contributed by atoms with E-state index in [-0.39, 0.29) is 18.0 Å². The number of carbonyl (C=O) groups excluding carboxylic acids is 3. The maximum Gasteiger partial charge on any atom is 0.321 e. The van der Waals surface area contributed by atoms with E-state index in [1.807, 2.05) is 0 Å². The fourth-order valence-electron chi connectivity index (χ4n) is 2.58. The Kier molecular flexibility index (Phi) is 5.33. The Morgan fingerprint density at radius 2 is 1.48 bits per heavy atom. The zero-order chi connectivity index (χ0) is 19.4. The highest BCUT2D eigenvalue weighted by atomic mass is 32.2. The molecular weight excluding hydrogens is 372 g/mol. The summed E-state index contributed by atoms with van der Waals surface area (Å²) in [4.78, 5) is 37.1. The number of sulfonamides is 1. The molecule has 0 saturated heterocycles. The first-order valence-electron chi connectivity index (χ1n) is 8.06. The van der Waals surface area contributed by atoms with E-state index in [0.29, 0.717) is 11.1 Å². The maximum atomic E-state index is 12.2. The van der Waals surface area contributed by atoms with Gasteiger partial charge in [0.2, 0.25) is 10.0 Å². The SMILES string of the molecule is O=C(CNS(=O)(=O)c1ccccc1)OCCN1C(=O)c2ccccc2C1=O. The highest BCUT2D eigenvalue weighted by molar-refractivity contribution is 7.89. The number of hydrogen-bond donors (Lipinski definition) is 1. The number of hydrogen-bond acceptors (Lipinski definition) is 6. The molecule has 0 aromatic heterocycles. The Hall–Kier alpha value is -3.04. The maximum absolute atomic E-state index is 12.2. The van der Waals surface area contributed by atoms with Crippen LogP contribution in [0, 0.1) is 0 Å². The molecule has 0 spiro atoms. The van der Waals surface area contributed by atoms with Gasteiger partial charge in [-0.1, -0.05) is 30.3 Å². The van der Waals surface area contributed by atoms with E-state index in [2.05, 4.69) is 4.72 Å². The number of benzene rings is 2. The van der Waals surface area contributed by atoms with Gasteiger partial charge in [0.15, 0.2) is 0 Å². The molecule has 140 valence electrons. The largest absolute Gasteiger partial charge is 0.463 e. The van der Waals surface area contributed by atoms with Crippen LogP contribution in [0.25, 0.3) is 0 Å². The number of nitrogens with one attached hydrogen (secondary N) is 1. The van der Waals surface area contributed by atoms with Gasteiger partial charge >= 0.3 is 5.97 Å². The highest BCUT2D eigenvalue weighted by Gasteiger charge is 2.34. The van der Waals surface area contributed by atoms with Gasteiger partial charge in [0.25, 0.3) is 11.8 Å². The van der Waals surface area contributed by atoms with Crippen LogP contribution in [0.2, 0.25) is 0 Å². The Labute approximate surface area is 155 Å². The highest BCUT2D eigenvalue weighted by Crippen LogP contribution is 2.21. The Balaban J connectivity index is 1.48. The molecule has 0 fully saturated rings. The summed E-state index contributed by atoms with van der Waals surface area (Å²) in [6, 6.07) is 14.0. The lowest BCUT2D eigenvalue weighted by molar-refractivity contribution is -0.142. The third-order valence-electron chi connectivity index (χ3n) is 3.92. The van der Waals surface area contributed by atoms with E-state index >= 15 is 0 Å². The van der Waals surface area contributed by atoms with Gasteiger partial charge in [-0.25, -0.2) is 8.42 Å². The molecule has 1 heterocycles. The zero-order valence-corrected chi connectivity index (χ0v) is 14.9. The van der Waals surface area contributed by atoms with Crippen molar-refractivity contribution in [3.63, 3.8) is 0 Å². The van der Waals surface area contributed by atoms with Crippen molar-refractivity contribution >= 4 is 27.8 Å². The van der Waals surface area contributed by atoms with Gasteiger partial charge in [0.1, 0.15) is 13.2 Å². The smallest absolute Gasteiger partial charge is 0.321 e. The van der Waals surface area contributed by atoms with E-state index in [4.69, 9.17) is 4.74 Å². The van der Waals surface area contributed by atoms with E-state index in [0.717, 1.165) is 4.90 Å². The molecule has 8 nitrogen and oxygen atoms in total. The second-order valence-corrected chi connectivity index (χ2v) is 7.43. The lowest BCUT2D eigenvalue weighted by Gasteiger charge is -2.14. The van der Waals surface area contributed by atoms with Crippen LogP contribution < -0.4 is 4.72 Å². The third-order valence-corrected chi connectivity index (χ3v) is 5.33. The molecule has 0 aliphatic carbocycles. The van der Waals surface area contributed by atoms with Gasteiger partial charge in [-0.05, 0) is 24.3 Å². The standard InChI is InChI=1S/C18H16N2O6S/c21-16(12-19-27(24,25)13-6-2-1-3-7-13)26-11-10-20-17(22)14-8-4-5-9-15(14)18(20)23/h1-9,19H,10-12H2. The van der Waals surface area contributed by atoms with Crippen LogP contribution in [0.3, 0.4) is 0 Å². The van der Waals surface area contributed by atoms with E-state index < -0.39 is 34.4 Å². The predicted molar refractivity (Wildman–Crippen MR) is 94.4 cm³/mol. The van der Waals surface area contributed by atoms with Crippen molar-refractivity contribution in [1.29, 1.82) is 0 Å². The summed E-state index contributed by atoms with van der Waals surface area (Å²) < 4.78 is 31.1. The quantitative estimate of drug-likeness (QED) is 0.555. The lowest BCUT2D eigenvalue weighted by Crippen LogP contribution is -2.35. The molecule has 1 aliphatic rings. The van der Waals surface area contributed by atoms with Crippen molar-refractivity contribution in [2.24, 2.45) is 0 Å². The van der Waals surface area contributed by atoms with Crippen LogP contribution in [0.15, 0.2) is 59.5 Å². The first-order chi connectivity index (χ1) is 12.9. The van der Waals surface area contributed by atoms with Crippen LogP contribution in [-0.2, 0) is 19.6 Å². The van der Waals surface area contributed by atoms with Crippen LogP contribution in [0.5, 0.6) is 0 Å². The summed E-state index contributed by atoms with van der Waals surface area (Å²) in [5.41, 5.74) is 0.619. The molecule has 2 amide bonds. The van der Waals surface area contributed by atoms with Crippen molar-refractivity contribution in [2.75, 3.05) is 19.7 Å². The topological polar surface area (TPSA) is 110 Å². The summed E-state index contributed by atoms with van der Waals surface area (Å²) in [5, 5.41) is 0. The minimum atomic E-state index is -3.82. The molecule has 3 rings (SSSR count). The van der Waals surface area contributed by atoms with Crippen molar-refractivity contribution in [1.82, 2.24) is 9.62 Å². The van der Waals surface area contributed by atoms with Crippen LogP contribution >= 0.6 is 0 Å². The minimum absolute atomic E-state index is 0.0313. The zero-order valence-electron chi connectivity index (χ0n) is 14.1. The molecule has 1 aliphatic heterocycles. The lowest BCUT2D eigenvalue weighted by atomic mass is 10.1. The van der Waals surface area contributed by atoms with Gasteiger partial charge < -0.3 is 4.74 Å². The molecule has 0 atom stereocenters. The predicted octanol–water partition coefficient (Wildman–Crippen LogP) is 0.804. The van der Waals surface area contributed by atoms with Gasteiger partial charge in [-0.15, -0.1) is 0 Å². The Morgan fingerprint density at radius 3 is 2.07 bits per heavy atom. The van der Waals surface area contributed by atoms with E-state index in [1.165, 1.54) is 12.1 Å². The van der Waals surface area contributed by atoms with Crippen molar-refractivity contribution < 1.29 is 27.5 Å². The summed E-state index contributed by atoms with van der Waals surface area (Å²) in [5.74, 6) is -1.71. The van der Waals surface area contributed by atoms with Gasteiger partial charge in [-0.2, -0.15) is 4.72 Å².